The lowest BCUT2D eigenvalue weighted by molar-refractivity contribution is -0.115. The fourth-order valence-corrected chi connectivity index (χ4v) is 3.57. The van der Waals surface area contributed by atoms with Gasteiger partial charge in [0.15, 0.2) is 0 Å². The van der Waals surface area contributed by atoms with E-state index in [0.717, 1.165) is 34.4 Å². The van der Waals surface area contributed by atoms with Gasteiger partial charge in [0.2, 0.25) is 5.91 Å². The van der Waals surface area contributed by atoms with E-state index in [1.807, 2.05) is 42.6 Å². The van der Waals surface area contributed by atoms with E-state index >= 15 is 0 Å². The van der Waals surface area contributed by atoms with Crippen molar-refractivity contribution in [2.24, 2.45) is 0 Å². The first-order valence-electron chi connectivity index (χ1n) is 9.79. The average molecular weight is 384 g/mol. The molecule has 2 heterocycles. The Morgan fingerprint density at radius 1 is 1.07 bits per heavy atom. The summed E-state index contributed by atoms with van der Waals surface area (Å²) in [5.74, 6) is 0.472. The van der Waals surface area contributed by atoms with Gasteiger partial charge in [0, 0.05) is 29.3 Å². The highest BCUT2D eigenvalue weighted by atomic mass is 16.1. The van der Waals surface area contributed by atoms with Crippen molar-refractivity contribution in [1.29, 1.82) is 0 Å². The molecule has 0 aliphatic rings. The van der Waals surface area contributed by atoms with Crippen molar-refractivity contribution in [2.45, 2.75) is 20.3 Å². The van der Waals surface area contributed by atoms with Crippen molar-refractivity contribution in [1.82, 2.24) is 9.97 Å². The molecule has 0 saturated carbocycles. The number of rotatable bonds is 6. The maximum atomic E-state index is 12.5. The molecule has 0 bridgehead atoms. The monoisotopic (exact) mass is 384 g/mol. The Balaban J connectivity index is 1.45. The summed E-state index contributed by atoms with van der Waals surface area (Å²) in [6.45, 7) is 5.03. The van der Waals surface area contributed by atoms with Gasteiger partial charge in [-0.05, 0) is 55.3 Å². The van der Waals surface area contributed by atoms with Crippen LogP contribution >= 0.6 is 0 Å². The molecular weight excluding hydrogens is 360 g/mol. The van der Waals surface area contributed by atoms with E-state index in [4.69, 9.17) is 0 Å². The average Bonchev–Trinajstić information content (AvgIpc) is 3.13. The van der Waals surface area contributed by atoms with Crippen LogP contribution in [0.2, 0.25) is 0 Å². The smallest absolute Gasteiger partial charge is 0.230 e. The molecule has 0 unspecified atom stereocenters. The van der Waals surface area contributed by atoms with Crippen LogP contribution in [0.25, 0.3) is 10.9 Å². The Labute approximate surface area is 170 Å². The zero-order chi connectivity index (χ0) is 20.2. The van der Waals surface area contributed by atoms with Crippen LogP contribution in [-0.4, -0.2) is 22.4 Å². The highest BCUT2D eigenvalue weighted by Crippen LogP contribution is 2.26. The number of pyridine rings is 1. The number of carbonyl (C=O) groups is 1. The largest absolute Gasteiger partial charge is 0.361 e. The summed E-state index contributed by atoms with van der Waals surface area (Å²) in [7, 11) is 0. The molecule has 4 aromatic rings. The third-order valence-corrected chi connectivity index (χ3v) is 4.98. The summed E-state index contributed by atoms with van der Waals surface area (Å²) in [6, 6.07) is 20.2. The molecule has 0 fully saturated rings. The Bertz CT molecular complexity index is 1130. The third-order valence-electron chi connectivity index (χ3n) is 4.98. The molecule has 0 aliphatic heterocycles. The summed E-state index contributed by atoms with van der Waals surface area (Å²) in [4.78, 5) is 22.3. The van der Waals surface area contributed by atoms with Crippen molar-refractivity contribution >= 4 is 34.0 Å². The highest BCUT2D eigenvalue weighted by molar-refractivity contribution is 5.95. The number of carbonyl (C=O) groups excluding carboxylic acids is 1. The van der Waals surface area contributed by atoms with Crippen molar-refractivity contribution in [2.75, 3.05) is 16.8 Å². The fraction of sp³-hybridized carbons (Fsp3) is 0.167. The van der Waals surface area contributed by atoms with Crippen LogP contribution in [0.3, 0.4) is 0 Å². The summed E-state index contributed by atoms with van der Waals surface area (Å²) in [5.41, 5.74) is 5.35. The summed E-state index contributed by atoms with van der Waals surface area (Å²) in [6.07, 6.45) is 3.99. The molecule has 5 heteroatoms. The number of benzene rings is 2. The number of para-hydroxylation sites is 1. The first-order chi connectivity index (χ1) is 14.1. The zero-order valence-corrected chi connectivity index (χ0v) is 16.6. The van der Waals surface area contributed by atoms with Crippen molar-refractivity contribution < 1.29 is 4.79 Å². The summed E-state index contributed by atoms with van der Waals surface area (Å²) >= 11 is 0. The van der Waals surface area contributed by atoms with Crippen LogP contribution in [0.15, 0.2) is 73.1 Å². The van der Waals surface area contributed by atoms with E-state index < -0.39 is 0 Å². The molecule has 0 saturated heterocycles. The van der Waals surface area contributed by atoms with Gasteiger partial charge < -0.3 is 15.2 Å². The van der Waals surface area contributed by atoms with Crippen LogP contribution in [0, 0.1) is 6.92 Å². The van der Waals surface area contributed by atoms with E-state index in [1.165, 1.54) is 5.56 Å². The van der Waals surface area contributed by atoms with Crippen molar-refractivity contribution in [3.8, 4) is 0 Å². The van der Waals surface area contributed by atoms with Crippen molar-refractivity contribution in [3.05, 3.63) is 84.2 Å². The molecule has 0 radical (unpaired) electrons. The third kappa shape index (κ3) is 4.14. The van der Waals surface area contributed by atoms with Crippen LogP contribution in [0.5, 0.6) is 0 Å². The minimum Gasteiger partial charge on any atom is -0.361 e. The number of fused-ring (bicyclic) bond motifs is 1. The maximum Gasteiger partial charge on any atom is 0.230 e. The summed E-state index contributed by atoms with van der Waals surface area (Å²) < 4.78 is 0. The standard InChI is InChI=1S/C24H24N4O/c1-3-28(19-8-6-7-17(2)13-19)20-11-12-23(26-16-20)27-24(29)14-18-15-25-22-10-5-4-9-21(18)22/h4-13,15-16,25H,3,14H2,1-2H3,(H,26,27,29). The molecule has 0 spiro atoms. The number of aromatic amines is 1. The van der Waals surface area contributed by atoms with E-state index in [-0.39, 0.29) is 5.91 Å². The molecule has 1 amide bonds. The van der Waals surface area contributed by atoms with Crippen molar-refractivity contribution in [3.63, 3.8) is 0 Å². The predicted octanol–water partition coefficient (Wildman–Crippen LogP) is 5.21. The van der Waals surface area contributed by atoms with Crippen LogP contribution in [0.1, 0.15) is 18.1 Å². The Morgan fingerprint density at radius 2 is 1.93 bits per heavy atom. The minimum absolute atomic E-state index is 0.0824. The molecular formula is C24H24N4O. The number of aryl methyl sites for hydroxylation is 1. The number of anilines is 3. The fourth-order valence-electron chi connectivity index (χ4n) is 3.57. The Kier molecular flexibility index (Phi) is 5.29. The molecule has 146 valence electrons. The second-order valence-corrected chi connectivity index (χ2v) is 7.07. The van der Waals surface area contributed by atoms with Gasteiger partial charge in [-0.1, -0.05) is 30.3 Å². The van der Waals surface area contributed by atoms with Crippen LogP contribution in [0.4, 0.5) is 17.2 Å². The molecule has 2 aromatic carbocycles. The number of nitrogens with zero attached hydrogens (tertiary/aromatic N) is 2. The van der Waals surface area contributed by atoms with E-state index in [0.29, 0.717) is 12.2 Å². The zero-order valence-electron chi connectivity index (χ0n) is 16.6. The lowest BCUT2D eigenvalue weighted by Crippen LogP contribution is -2.17. The van der Waals surface area contributed by atoms with Gasteiger partial charge >= 0.3 is 0 Å². The molecule has 2 aromatic heterocycles. The van der Waals surface area contributed by atoms with E-state index in [9.17, 15) is 4.79 Å². The molecule has 5 nitrogen and oxygen atoms in total. The lowest BCUT2D eigenvalue weighted by atomic mass is 10.1. The molecule has 0 aliphatic carbocycles. The van der Waals surface area contributed by atoms with Gasteiger partial charge in [0.05, 0.1) is 18.3 Å². The van der Waals surface area contributed by atoms with Gasteiger partial charge in [0.25, 0.3) is 0 Å². The molecule has 2 N–H and O–H groups in total. The number of amides is 1. The van der Waals surface area contributed by atoms with Gasteiger partial charge in [-0.15, -0.1) is 0 Å². The molecule has 4 rings (SSSR count). The Hall–Kier alpha value is -3.60. The minimum atomic E-state index is -0.0824. The highest BCUT2D eigenvalue weighted by Gasteiger charge is 2.11. The number of nitrogens with one attached hydrogen (secondary N) is 2. The first kappa shape index (κ1) is 18.7. The normalized spacial score (nSPS) is 10.8. The number of hydrogen-bond acceptors (Lipinski definition) is 3. The van der Waals surface area contributed by atoms with Crippen LogP contribution in [-0.2, 0) is 11.2 Å². The van der Waals surface area contributed by atoms with Gasteiger partial charge in [-0.3, -0.25) is 4.79 Å². The number of hydrogen-bond donors (Lipinski definition) is 2. The lowest BCUT2D eigenvalue weighted by Gasteiger charge is -2.23. The van der Waals surface area contributed by atoms with Gasteiger partial charge in [-0.2, -0.15) is 0 Å². The van der Waals surface area contributed by atoms with E-state index in [1.54, 1.807) is 6.20 Å². The Morgan fingerprint density at radius 3 is 2.69 bits per heavy atom. The number of H-pyrrole nitrogens is 1. The van der Waals surface area contributed by atoms with Crippen LogP contribution < -0.4 is 10.2 Å². The quantitative estimate of drug-likeness (QED) is 0.480. The second-order valence-electron chi connectivity index (χ2n) is 7.07. The number of aromatic nitrogens is 2. The van der Waals surface area contributed by atoms with Gasteiger partial charge in [-0.25, -0.2) is 4.98 Å². The van der Waals surface area contributed by atoms with E-state index in [2.05, 4.69) is 58.3 Å². The molecule has 0 atom stereocenters. The summed E-state index contributed by atoms with van der Waals surface area (Å²) in [5, 5.41) is 3.97. The predicted molar refractivity (Wildman–Crippen MR) is 119 cm³/mol. The first-order valence-corrected chi connectivity index (χ1v) is 9.79. The topological polar surface area (TPSA) is 61.0 Å². The SMILES string of the molecule is CCN(c1ccc(NC(=O)Cc2c[nH]c3ccccc23)nc1)c1cccc(C)c1. The second kappa shape index (κ2) is 8.19. The molecule has 29 heavy (non-hydrogen) atoms. The van der Waals surface area contributed by atoms with Gasteiger partial charge in [0.1, 0.15) is 5.82 Å². The maximum absolute atomic E-state index is 12.5.